The molecule has 1 nitrogen and oxygen atoms in total. The van der Waals surface area contributed by atoms with Gasteiger partial charge in [0.1, 0.15) is 11.2 Å². The Labute approximate surface area is 227 Å². The Bertz CT molecular complexity index is 2140. The van der Waals surface area contributed by atoms with Gasteiger partial charge in [0, 0.05) is 10.8 Å². The fourth-order valence-corrected chi connectivity index (χ4v) is 7.46. The van der Waals surface area contributed by atoms with Crippen LogP contribution in [0.5, 0.6) is 0 Å². The molecule has 0 saturated heterocycles. The van der Waals surface area contributed by atoms with Crippen LogP contribution in [0.4, 0.5) is 0 Å². The first-order chi connectivity index (χ1) is 19.2. The van der Waals surface area contributed by atoms with Gasteiger partial charge in [-0.25, -0.2) is 0 Å². The van der Waals surface area contributed by atoms with Gasteiger partial charge in [-0.3, -0.25) is 0 Å². The van der Waals surface area contributed by atoms with Gasteiger partial charge in [-0.05, 0) is 92.4 Å². The third-order valence-corrected chi connectivity index (χ3v) is 9.03. The summed E-state index contributed by atoms with van der Waals surface area (Å²) in [5.41, 5.74) is 16.2. The van der Waals surface area contributed by atoms with Crippen LogP contribution < -0.4 is 0 Å². The van der Waals surface area contributed by atoms with Gasteiger partial charge in [-0.2, -0.15) is 0 Å². The maximum absolute atomic E-state index is 6.13. The van der Waals surface area contributed by atoms with Crippen molar-refractivity contribution in [2.45, 2.75) is 12.3 Å². The molecule has 1 heterocycles. The minimum absolute atomic E-state index is 0.327. The standard InChI is InChI=1S/C38H24O/c1-23-9-8-15-33-37(23)29-12-3-6-14-32(29)38(33)31-13-5-2-10-26(31)27-19-17-25(22-34(27)38)24-18-20-36-30(21-24)28-11-4-7-16-35(28)39-36/h2-22H,1H3. The summed E-state index contributed by atoms with van der Waals surface area (Å²) in [6.07, 6.45) is 0. The van der Waals surface area contributed by atoms with Gasteiger partial charge in [0.05, 0.1) is 5.41 Å². The average Bonchev–Trinajstić information content (AvgIpc) is 3.61. The van der Waals surface area contributed by atoms with Gasteiger partial charge >= 0.3 is 0 Å². The summed E-state index contributed by atoms with van der Waals surface area (Å²) < 4.78 is 6.13. The number of hydrogen-bond donors (Lipinski definition) is 0. The smallest absolute Gasteiger partial charge is 0.135 e. The Hall–Kier alpha value is -4.88. The SMILES string of the molecule is Cc1cccc2c1-c1ccccc1C21c2ccccc2-c2ccc(-c3ccc4oc5ccccc5c4c3)cc21. The first-order valence-corrected chi connectivity index (χ1v) is 13.6. The van der Waals surface area contributed by atoms with E-state index < -0.39 is 0 Å². The molecular weight excluding hydrogens is 472 g/mol. The van der Waals surface area contributed by atoms with Gasteiger partial charge in [0.2, 0.25) is 0 Å². The first-order valence-electron chi connectivity index (χ1n) is 13.6. The second kappa shape index (κ2) is 7.36. The molecule has 2 aliphatic carbocycles. The van der Waals surface area contributed by atoms with E-state index in [1.807, 2.05) is 12.1 Å². The number of rotatable bonds is 1. The summed E-state index contributed by atoms with van der Waals surface area (Å²) in [6.45, 7) is 2.25. The first kappa shape index (κ1) is 21.1. The maximum atomic E-state index is 6.13. The molecule has 1 spiro atoms. The fraction of sp³-hybridized carbons (Fsp3) is 0.0526. The predicted molar refractivity (Wildman–Crippen MR) is 160 cm³/mol. The molecule has 0 bridgehead atoms. The molecule has 0 aliphatic heterocycles. The lowest BCUT2D eigenvalue weighted by atomic mass is 9.70. The van der Waals surface area contributed by atoms with E-state index in [0.29, 0.717) is 0 Å². The van der Waals surface area contributed by atoms with Gasteiger partial charge < -0.3 is 4.42 Å². The van der Waals surface area contributed by atoms with Crippen molar-refractivity contribution in [2.24, 2.45) is 0 Å². The maximum Gasteiger partial charge on any atom is 0.135 e. The van der Waals surface area contributed by atoms with Crippen molar-refractivity contribution in [1.29, 1.82) is 0 Å². The van der Waals surface area contributed by atoms with Crippen molar-refractivity contribution >= 4 is 21.9 Å². The second-order valence-electron chi connectivity index (χ2n) is 10.9. The summed E-state index contributed by atoms with van der Waals surface area (Å²) in [5, 5.41) is 2.32. The molecule has 0 amide bonds. The summed E-state index contributed by atoms with van der Waals surface area (Å²) in [6, 6.07) is 46.8. The van der Waals surface area contributed by atoms with Crippen molar-refractivity contribution in [1.82, 2.24) is 0 Å². The molecule has 9 rings (SSSR count). The van der Waals surface area contributed by atoms with Crippen LogP contribution in [0.25, 0.3) is 55.3 Å². The number of benzene rings is 6. The summed E-state index contributed by atoms with van der Waals surface area (Å²) in [4.78, 5) is 0. The predicted octanol–water partition coefficient (Wildman–Crippen LogP) is 9.90. The Balaban J connectivity index is 1.36. The Kier molecular flexibility index (Phi) is 3.98. The molecule has 182 valence electrons. The highest BCUT2D eigenvalue weighted by Crippen LogP contribution is 2.63. The summed E-state index contributed by atoms with van der Waals surface area (Å²) in [5.74, 6) is 0. The quantitative estimate of drug-likeness (QED) is 0.220. The molecule has 39 heavy (non-hydrogen) atoms. The van der Waals surface area contributed by atoms with Crippen LogP contribution in [0.2, 0.25) is 0 Å². The largest absolute Gasteiger partial charge is 0.456 e. The van der Waals surface area contributed by atoms with Crippen molar-refractivity contribution < 1.29 is 4.42 Å². The van der Waals surface area contributed by atoms with Gasteiger partial charge in [-0.15, -0.1) is 0 Å². The van der Waals surface area contributed by atoms with Crippen LogP contribution in [0.3, 0.4) is 0 Å². The lowest BCUT2D eigenvalue weighted by Crippen LogP contribution is -2.25. The molecule has 0 saturated carbocycles. The monoisotopic (exact) mass is 496 g/mol. The van der Waals surface area contributed by atoms with E-state index in [9.17, 15) is 0 Å². The number of fused-ring (bicyclic) bond motifs is 13. The number of hydrogen-bond acceptors (Lipinski definition) is 1. The zero-order valence-electron chi connectivity index (χ0n) is 21.5. The summed E-state index contributed by atoms with van der Waals surface area (Å²) >= 11 is 0. The van der Waals surface area contributed by atoms with Crippen molar-refractivity contribution in [3.63, 3.8) is 0 Å². The lowest BCUT2D eigenvalue weighted by Gasteiger charge is -2.30. The molecule has 6 aromatic carbocycles. The third-order valence-electron chi connectivity index (χ3n) is 9.03. The summed E-state index contributed by atoms with van der Waals surface area (Å²) in [7, 11) is 0. The Morgan fingerprint density at radius 1 is 0.462 bits per heavy atom. The molecule has 1 aromatic heterocycles. The lowest BCUT2D eigenvalue weighted by molar-refractivity contribution is 0.669. The molecule has 2 aliphatic rings. The van der Waals surface area contributed by atoms with E-state index >= 15 is 0 Å². The van der Waals surface area contributed by atoms with Crippen molar-refractivity contribution in [3.05, 3.63) is 155 Å². The van der Waals surface area contributed by atoms with Crippen LogP contribution in [0.15, 0.2) is 132 Å². The van der Waals surface area contributed by atoms with Gasteiger partial charge in [0.25, 0.3) is 0 Å². The fourth-order valence-electron chi connectivity index (χ4n) is 7.46. The second-order valence-corrected chi connectivity index (χ2v) is 10.9. The Morgan fingerprint density at radius 2 is 1.10 bits per heavy atom. The minimum atomic E-state index is -0.327. The van der Waals surface area contributed by atoms with Crippen molar-refractivity contribution in [3.8, 4) is 33.4 Å². The normalized spacial score (nSPS) is 16.4. The van der Waals surface area contributed by atoms with Gasteiger partial charge in [0.15, 0.2) is 0 Å². The number of furan rings is 1. The highest BCUT2D eigenvalue weighted by Gasteiger charge is 2.51. The number of aryl methyl sites for hydroxylation is 1. The number of para-hydroxylation sites is 1. The van der Waals surface area contributed by atoms with E-state index in [1.165, 1.54) is 61.2 Å². The van der Waals surface area contributed by atoms with Crippen LogP contribution in [0.1, 0.15) is 27.8 Å². The molecule has 7 aromatic rings. The molecule has 0 radical (unpaired) electrons. The topological polar surface area (TPSA) is 13.1 Å². The molecular formula is C38H24O. The van der Waals surface area contributed by atoms with Gasteiger partial charge in [-0.1, -0.05) is 103 Å². The zero-order valence-corrected chi connectivity index (χ0v) is 21.5. The van der Waals surface area contributed by atoms with E-state index in [0.717, 1.165) is 21.9 Å². The van der Waals surface area contributed by atoms with Crippen LogP contribution in [0, 0.1) is 6.92 Å². The molecule has 1 unspecified atom stereocenters. The molecule has 1 atom stereocenters. The third kappa shape index (κ3) is 2.55. The van der Waals surface area contributed by atoms with Crippen molar-refractivity contribution in [2.75, 3.05) is 0 Å². The van der Waals surface area contributed by atoms with E-state index in [-0.39, 0.29) is 5.41 Å². The molecule has 0 N–H and O–H groups in total. The minimum Gasteiger partial charge on any atom is -0.456 e. The highest BCUT2D eigenvalue weighted by molar-refractivity contribution is 6.06. The van der Waals surface area contributed by atoms with Crippen LogP contribution in [-0.4, -0.2) is 0 Å². The highest BCUT2D eigenvalue weighted by atomic mass is 16.3. The van der Waals surface area contributed by atoms with Crippen LogP contribution in [-0.2, 0) is 5.41 Å². The Morgan fingerprint density at radius 3 is 2.00 bits per heavy atom. The van der Waals surface area contributed by atoms with Crippen LogP contribution >= 0.6 is 0 Å². The molecule has 0 fully saturated rings. The average molecular weight is 497 g/mol. The van der Waals surface area contributed by atoms with E-state index in [1.54, 1.807) is 0 Å². The molecule has 1 heteroatoms. The van der Waals surface area contributed by atoms with E-state index in [4.69, 9.17) is 4.42 Å². The van der Waals surface area contributed by atoms with E-state index in [2.05, 4.69) is 122 Å². The zero-order chi connectivity index (χ0) is 25.7.